The van der Waals surface area contributed by atoms with Gasteiger partial charge in [-0.25, -0.2) is 0 Å². The van der Waals surface area contributed by atoms with Crippen LogP contribution in [0, 0.1) is 5.41 Å². The quantitative estimate of drug-likeness (QED) is 0.874. The average molecular weight is 260 g/mol. The first kappa shape index (κ1) is 14.1. The van der Waals surface area contributed by atoms with Gasteiger partial charge in [-0.2, -0.15) is 0 Å². The maximum Gasteiger partial charge on any atom is 0.251 e. The Morgan fingerprint density at radius 3 is 2.58 bits per heavy atom. The zero-order valence-electron chi connectivity index (χ0n) is 11.9. The second-order valence-electron chi connectivity index (χ2n) is 6.14. The molecule has 1 unspecified atom stereocenters. The third-order valence-corrected chi connectivity index (χ3v) is 4.21. The molecule has 1 saturated carbocycles. The zero-order chi connectivity index (χ0) is 13.9. The topological polar surface area (TPSA) is 55.1 Å². The van der Waals surface area contributed by atoms with E-state index in [0.717, 1.165) is 18.4 Å². The van der Waals surface area contributed by atoms with Crippen molar-refractivity contribution in [3.63, 3.8) is 0 Å². The minimum absolute atomic E-state index is 0.0410. The van der Waals surface area contributed by atoms with Crippen molar-refractivity contribution < 1.29 is 4.79 Å². The Balaban J connectivity index is 2.00. The second-order valence-corrected chi connectivity index (χ2v) is 6.14. The highest BCUT2D eigenvalue weighted by Gasteiger charge is 2.35. The van der Waals surface area contributed by atoms with Crippen LogP contribution in [0.1, 0.15) is 49.0 Å². The molecule has 1 aromatic rings. The lowest BCUT2D eigenvalue weighted by atomic mass is 9.87. The van der Waals surface area contributed by atoms with Gasteiger partial charge in [-0.3, -0.25) is 4.79 Å². The summed E-state index contributed by atoms with van der Waals surface area (Å²) in [6.07, 6.45) is 4.34. The van der Waals surface area contributed by atoms with E-state index in [0.29, 0.717) is 12.6 Å². The molecule has 0 radical (unpaired) electrons. The van der Waals surface area contributed by atoms with Crippen molar-refractivity contribution in [2.45, 2.75) is 45.6 Å². The van der Waals surface area contributed by atoms with Crippen LogP contribution in [0.3, 0.4) is 0 Å². The van der Waals surface area contributed by atoms with Gasteiger partial charge in [0, 0.05) is 11.6 Å². The Hall–Kier alpha value is -1.35. The first-order valence-electron chi connectivity index (χ1n) is 7.13. The van der Waals surface area contributed by atoms with Crippen LogP contribution in [0.5, 0.6) is 0 Å². The van der Waals surface area contributed by atoms with E-state index in [9.17, 15) is 4.79 Å². The Morgan fingerprint density at radius 1 is 1.37 bits per heavy atom. The Labute approximate surface area is 115 Å². The van der Waals surface area contributed by atoms with Crippen LogP contribution in [0.4, 0.5) is 0 Å². The maximum absolute atomic E-state index is 12.2. The van der Waals surface area contributed by atoms with Crippen LogP contribution in [0.2, 0.25) is 0 Å². The highest BCUT2D eigenvalue weighted by atomic mass is 16.1. The van der Waals surface area contributed by atoms with E-state index >= 15 is 0 Å². The second kappa shape index (κ2) is 5.74. The Morgan fingerprint density at radius 2 is 2.05 bits per heavy atom. The summed E-state index contributed by atoms with van der Waals surface area (Å²) in [5.41, 5.74) is 7.66. The minimum atomic E-state index is 0.0410. The lowest BCUT2D eigenvalue weighted by Crippen LogP contribution is -2.41. The standard InChI is InChI=1S/C16H24N2O/c1-16(2)10-3-4-14(16)18-15(19)13-7-5-12(6-8-13)9-11-17/h5-8,14H,3-4,9-11,17H2,1-2H3,(H,18,19). The van der Waals surface area contributed by atoms with Crippen molar-refractivity contribution in [1.82, 2.24) is 5.32 Å². The number of carbonyl (C=O) groups is 1. The molecule has 1 aliphatic rings. The van der Waals surface area contributed by atoms with Gasteiger partial charge in [-0.05, 0) is 48.9 Å². The third-order valence-electron chi connectivity index (χ3n) is 4.21. The molecule has 0 aromatic heterocycles. The van der Waals surface area contributed by atoms with Crippen LogP contribution >= 0.6 is 0 Å². The van der Waals surface area contributed by atoms with Crippen molar-refractivity contribution in [2.24, 2.45) is 11.1 Å². The predicted octanol–water partition coefficient (Wildman–Crippen LogP) is 2.50. The normalized spacial score (nSPS) is 21.3. The van der Waals surface area contributed by atoms with E-state index in [1.54, 1.807) is 0 Å². The molecular formula is C16H24N2O. The summed E-state index contributed by atoms with van der Waals surface area (Å²) in [6, 6.07) is 8.05. The monoisotopic (exact) mass is 260 g/mol. The predicted molar refractivity (Wildman–Crippen MR) is 78.1 cm³/mol. The molecule has 0 spiro atoms. The van der Waals surface area contributed by atoms with Crippen LogP contribution in [-0.4, -0.2) is 18.5 Å². The number of nitrogens with two attached hydrogens (primary N) is 1. The van der Waals surface area contributed by atoms with Crippen molar-refractivity contribution in [3.8, 4) is 0 Å². The maximum atomic E-state index is 12.2. The molecule has 2 rings (SSSR count). The summed E-state index contributed by atoms with van der Waals surface area (Å²) in [4.78, 5) is 12.2. The van der Waals surface area contributed by atoms with E-state index in [1.165, 1.54) is 18.4 Å². The fraction of sp³-hybridized carbons (Fsp3) is 0.562. The SMILES string of the molecule is CC1(C)CCCC1NC(=O)c1ccc(CCN)cc1. The van der Waals surface area contributed by atoms with Gasteiger partial charge in [-0.1, -0.05) is 32.4 Å². The van der Waals surface area contributed by atoms with Crippen LogP contribution in [0.15, 0.2) is 24.3 Å². The average Bonchev–Trinajstić information content (AvgIpc) is 2.70. The first-order chi connectivity index (χ1) is 9.03. The van der Waals surface area contributed by atoms with E-state index in [4.69, 9.17) is 5.73 Å². The van der Waals surface area contributed by atoms with Crippen molar-refractivity contribution in [3.05, 3.63) is 35.4 Å². The van der Waals surface area contributed by atoms with Crippen LogP contribution in [-0.2, 0) is 6.42 Å². The summed E-state index contributed by atoms with van der Waals surface area (Å²) in [5.74, 6) is 0.0410. The molecule has 1 atom stereocenters. The molecule has 3 heteroatoms. The highest BCUT2D eigenvalue weighted by Crippen LogP contribution is 2.37. The first-order valence-corrected chi connectivity index (χ1v) is 7.13. The third kappa shape index (κ3) is 3.35. The van der Waals surface area contributed by atoms with Gasteiger partial charge in [0.25, 0.3) is 5.91 Å². The largest absolute Gasteiger partial charge is 0.349 e. The fourth-order valence-electron chi connectivity index (χ4n) is 2.83. The zero-order valence-corrected chi connectivity index (χ0v) is 11.9. The smallest absolute Gasteiger partial charge is 0.251 e. The van der Waals surface area contributed by atoms with E-state index in [-0.39, 0.29) is 11.3 Å². The minimum Gasteiger partial charge on any atom is -0.349 e. The highest BCUT2D eigenvalue weighted by molar-refractivity contribution is 5.94. The molecule has 0 heterocycles. The summed E-state index contributed by atoms with van der Waals surface area (Å²) in [5, 5.41) is 3.17. The van der Waals surface area contributed by atoms with Gasteiger partial charge in [0.1, 0.15) is 0 Å². The summed E-state index contributed by atoms with van der Waals surface area (Å²) >= 11 is 0. The summed E-state index contributed by atoms with van der Waals surface area (Å²) in [7, 11) is 0. The molecule has 3 N–H and O–H groups in total. The van der Waals surface area contributed by atoms with Gasteiger partial charge in [-0.15, -0.1) is 0 Å². The van der Waals surface area contributed by atoms with Gasteiger partial charge in [0.15, 0.2) is 0 Å². The molecule has 104 valence electrons. The van der Waals surface area contributed by atoms with Crippen LogP contribution in [0.25, 0.3) is 0 Å². The number of rotatable bonds is 4. The van der Waals surface area contributed by atoms with Crippen LogP contribution < -0.4 is 11.1 Å². The lowest BCUT2D eigenvalue weighted by molar-refractivity contribution is 0.0910. The molecule has 3 nitrogen and oxygen atoms in total. The van der Waals surface area contributed by atoms with Gasteiger partial charge >= 0.3 is 0 Å². The summed E-state index contributed by atoms with van der Waals surface area (Å²) in [6.45, 7) is 5.10. The Bertz CT molecular complexity index is 437. The van der Waals surface area contributed by atoms with E-state index < -0.39 is 0 Å². The van der Waals surface area contributed by atoms with Crippen molar-refractivity contribution in [2.75, 3.05) is 6.54 Å². The number of hydrogen-bond donors (Lipinski definition) is 2. The fourth-order valence-corrected chi connectivity index (χ4v) is 2.83. The molecular weight excluding hydrogens is 236 g/mol. The van der Waals surface area contributed by atoms with Crippen molar-refractivity contribution in [1.29, 1.82) is 0 Å². The number of benzene rings is 1. The molecule has 1 aromatic carbocycles. The molecule has 0 saturated heterocycles. The number of hydrogen-bond acceptors (Lipinski definition) is 2. The summed E-state index contributed by atoms with van der Waals surface area (Å²) < 4.78 is 0. The molecule has 1 amide bonds. The molecule has 19 heavy (non-hydrogen) atoms. The van der Waals surface area contributed by atoms with E-state index in [1.807, 2.05) is 24.3 Å². The molecule has 0 aliphatic heterocycles. The number of nitrogens with one attached hydrogen (secondary N) is 1. The molecule has 1 fully saturated rings. The number of carbonyl (C=O) groups excluding carboxylic acids is 1. The van der Waals surface area contributed by atoms with Gasteiger partial charge in [0.2, 0.25) is 0 Å². The van der Waals surface area contributed by atoms with Gasteiger partial charge in [0.05, 0.1) is 0 Å². The van der Waals surface area contributed by atoms with Crippen molar-refractivity contribution >= 4 is 5.91 Å². The molecule has 0 bridgehead atoms. The van der Waals surface area contributed by atoms with Gasteiger partial charge < -0.3 is 11.1 Å². The number of amides is 1. The lowest BCUT2D eigenvalue weighted by Gasteiger charge is -2.27. The Kier molecular flexibility index (Phi) is 4.25. The molecule has 1 aliphatic carbocycles. The van der Waals surface area contributed by atoms with E-state index in [2.05, 4.69) is 19.2 Å².